The van der Waals surface area contributed by atoms with E-state index in [1.807, 2.05) is 0 Å². The Morgan fingerprint density at radius 2 is 2.00 bits per heavy atom. The van der Waals surface area contributed by atoms with Gasteiger partial charge in [-0.1, -0.05) is 25.7 Å². The van der Waals surface area contributed by atoms with Crippen LogP contribution in [-0.4, -0.2) is 21.9 Å². The molecule has 2 nitrogen and oxygen atoms in total. The first-order valence-electron chi connectivity index (χ1n) is 6.79. The van der Waals surface area contributed by atoms with Gasteiger partial charge in [-0.25, -0.2) is 4.98 Å². The molecule has 1 aliphatic rings. The first-order chi connectivity index (χ1) is 9.45. The minimum atomic E-state index is -4.35. The minimum Gasteiger partial charge on any atom is -0.392 e. The third-order valence-corrected chi connectivity index (χ3v) is 4.66. The van der Waals surface area contributed by atoms with Crippen LogP contribution in [0.15, 0.2) is 23.4 Å². The van der Waals surface area contributed by atoms with Crippen molar-refractivity contribution in [1.29, 1.82) is 0 Å². The number of hydrogen-bond donors (Lipinski definition) is 1. The summed E-state index contributed by atoms with van der Waals surface area (Å²) in [5.74, 6) is 1.08. The van der Waals surface area contributed by atoms with Gasteiger partial charge >= 0.3 is 6.18 Å². The van der Waals surface area contributed by atoms with Crippen LogP contribution in [0.5, 0.6) is 0 Å². The highest BCUT2D eigenvalue weighted by Gasteiger charge is 2.30. The van der Waals surface area contributed by atoms with E-state index in [0.29, 0.717) is 16.7 Å². The third-order valence-electron chi connectivity index (χ3n) is 3.57. The molecule has 1 unspecified atom stereocenters. The highest BCUT2D eigenvalue weighted by Crippen LogP contribution is 2.31. The molecule has 1 aromatic heterocycles. The van der Waals surface area contributed by atoms with Gasteiger partial charge in [0.2, 0.25) is 0 Å². The van der Waals surface area contributed by atoms with Crippen molar-refractivity contribution in [2.24, 2.45) is 5.92 Å². The number of thioether (sulfide) groups is 1. The monoisotopic (exact) mass is 305 g/mol. The van der Waals surface area contributed by atoms with Gasteiger partial charge < -0.3 is 5.11 Å². The topological polar surface area (TPSA) is 33.1 Å². The van der Waals surface area contributed by atoms with E-state index < -0.39 is 17.8 Å². The highest BCUT2D eigenvalue weighted by molar-refractivity contribution is 7.99. The van der Waals surface area contributed by atoms with Gasteiger partial charge in [0.15, 0.2) is 0 Å². The maximum atomic E-state index is 12.4. The fourth-order valence-corrected chi connectivity index (χ4v) is 3.30. The molecule has 2 rings (SSSR count). The van der Waals surface area contributed by atoms with E-state index in [-0.39, 0.29) is 0 Å². The zero-order valence-corrected chi connectivity index (χ0v) is 11.9. The van der Waals surface area contributed by atoms with Gasteiger partial charge in [-0.05, 0) is 24.5 Å². The maximum Gasteiger partial charge on any atom is 0.417 e. The molecule has 1 atom stereocenters. The van der Waals surface area contributed by atoms with Crippen molar-refractivity contribution < 1.29 is 18.3 Å². The molecule has 0 bridgehead atoms. The first-order valence-corrected chi connectivity index (χ1v) is 7.78. The van der Waals surface area contributed by atoms with Crippen molar-refractivity contribution in [3.05, 3.63) is 23.9 Å². The molecular weight excluding hydrogens is 287 g/mol. The Balaban J connectivity index is 1.78. The molecule has 0 saturated heterocycles. The summed E-state index contributed by atoms with van der Waals surface area (Å²) in [7, 11) is 0. The highest BCUT2D eigenvalue weighted by atomic mass is 32.2. The molecule has 0 radical (unpaired) electrons. The number of pyridine rings is 1. The van der Waals surface area contributed by atoms with E-state index in [0.717, 1.165) is 18.7 Å². The van der Waals surface area contributed by atoms with Crippen LogP contribution in [0.1, 0.15) is 37.7 Å². The van der Waals surface area contributed by atoms with Gasteiger partial charge in [-0.2, -0.15) is 13.2 Å². The summed E-state index contributed by atoms with van der Waals surface area (Å²) in [5.41, 5.74) is -0.742. The van der Waals surface area contributed by atoms with Crippen molar-refractivity contribution in [3.8, 4) is 0 Å². The summed E-state index contributed by atoms with van der Waals surface area (Å²) < 4.78 is 37.1. The van der Waals surface area contributed by atoms with Crippen molar-refractivity contribution in [3.63, 3.8) is 0 Å². The number of halogens is 3. The fraction of sp³-hybridized carbons (Fsp3) is 0.643. The van der Waals surface area contributed by atoms with Crippen LogP contribution in [0.25, 0.3) is 0 Å². The normalized spacial score (nSPS) is 18.4. The summed E-state index contributed by atoms with van der Waals surface area (Å²) in [6, 6.07) is 2.38. The molecule has 1 aliphatic carbocycles. The third kappa shape index (κ3) is 4.66. The number of hydrogen-bond acceptors (Lipinski definition) is 3. The molecule has 1 aromatic rings. The lowest BCUT2D eigenvalue weighted by atomic mass is 10.0. The summed E-state index contributed by atoms with van der Waals surface area (Å²) in [5, 5.41) is 10.4. The summed E-state index contributed by atoms with van der Waals surface area (Å²) in [4.78, 5) is 3.78. The van der Waals surface area contributed by atoms with Crippen LogP contribution >= 0.6 is 11.8 Å². The van der Waals surface area contributed by atoms with E-state index in [1.165, 1.54) is 43.5 Å². The van der Waals surface area contributed by atoms with E-state index in [2.05, 4.69) is 4.98 Å². The second-order valence-electron chi connectivity index (χ2n) is 5.23. The lowest BCUT2D eigenvalue weighted by molar-refractivity contribution is -0.137. The van der Waals surface area contributed by atoms with Crippen molar-refractivity contribution in [1.82, 2.24) is 4.98 Å². The standard InChI is InChI=1S/C14H18F3NOS/c15-14(16,17)11-5-6-13(18-8-11)20-9-12(19)7-10-3-1-2-4-10/h5-6,8,10,12,19H,1-4,7,9H2. The van der Waals surface area contributed by atoms with E-state index >= 15 is 0 Å². The molecule has 6 heteroatoms. The number of rotatable bonds is 5. The van der Waals surface area contributed by atoms with Gasteiger partial charge in [0.25, 0.3) is 0 Å². The maximum absolute atomic E-state index is 12.4. The zero-order valence-electron chi connectivity index (χ0n) is 11.1. The lowest BCUT2D eigenvalue weighted by Gasteiger charge is -2.14. The molecule has 0 spiro atoms. The summed E-state index contributed by atoms with van der Waals surface area (Å²) in [6.45, 7) is 0. The second kappa shape index (κ2) is 6.80. The molecule has 1 saturated carbocycles. The molecular formula is C14H18F3NOS. The molecule has 112 valence electrons. The van der Waals surface area contributed by atoms with E-state index in [1.54, 1.807) is 0 Å². The Labute approximate surface area is 120 Å². The van der Waals surface area contributed by atoms with E-state index in [9.17, 15) is 18.3 Å². The van der Waals surface area contributed by atoms with Gasteiger partial charge in [-0.15, -0.1) is 11.8 Å². The first kappa shape index (κ1) is 15.6. The molecule has 20 heavy (non-hydrogen) atoms. The number of nitrogens with zero attached hydrogens (tertiary/aromatic N) is 1. The number of aliphatic hydroxyl groups is 1. The summed E-state index contributed by atoms with van der Waals surface area (Å²) >= 11 is 1.30. The van der Waals surface area contributed by atoms with Crippen molar-refractivity contribution >= 4 is 11.8 Å². The lowest BCUT2D eigenvalue weighted by Crippen LogP contribution is -2.14. The molecule has 1 fully saturated rings. The minimum absolute atomic E-state index is 0.410. The smallest absolute Gasteiger partial charge is 0.392 e. The van der Waals surface area contributed by atoms with Gasteiger partial charge in [0.1, 0.15) is 0 Å². The van der Waals surface area contributed by atoms with Crippen LogP contribution in [-0.2, 0) is 6.18 Å². The van der Waals surface area contributed by atoms with Crippen LogP contribution in [0.4, 0.5) is 13.2 Å². The summed E-state index contributed by atoms with van der Waals surface area (Å²) in [6.07, 6.45) is 1.71. The predicted octanol–water partition coefficient (Wildman–Crippen LogP) is 4.13. The van der Waals surface area contributed by atoms with Crippen LogP contribution in [0.2, 0.25) is 0 Å². The molecule has 0 aliphatic heterocycles. The molecule has 1 heterocycles. The Morgan fingerprint density at radius 3 is 2.55 bits per heavy atom. The van der Waals surface area contributed by atoms with Gasteiger partial charge in [0.05, 0.1) is 16.7 Å². The zero-order chi connectivity index (χ0) is 14.6. The second-order valence-corrected chi connectivity index (χ2v) is 6.27. The van der Waals surface area contributed by atoms with Crippen molar-refractivity contribution in [2.45, 2.75) is 49.4 Å². The van der Waals surface area contributed by atoms with Crippen LogP contribution in [0, 0.1) is 5.92 Å². The Bertz CT molecular complexity index is 415. The fourth-order valence-electron chi connectivity index (χ4n) is 2.51. The van der Waals surface area contributed by atoms with Gasteiger partial charge in [-0.3, -0.25) is 0 Å². The molecule has 0 aromatic carbocycles. The Hall–Kier alpha value is -0.750. The number of aromatic nitrogens is 1. The molecule has 1 N–H and O–H groups in total. The predicted molar refractivity (Wildman–Crippen MR) is 72.5 cm³/mol. The Kier molecular flexibility index (Phi) is 5.32. The average Bonchev–Trinajstić information content (AvgIpc) is 2.88. The number of aliphatic hydroxyl groups excluding tert-OH is 1. The quantitative estimate of drug-likeness (QED) is 0.830. The number of alkyl halides is 3. The van der Waals surface area contributed by atoms with Crippen molar-refractivity contribution in [2.75, 3.05) is 5.75 Å². The van der Waals surface area contributed by atoms with Crippen LogP contribution < -0.4 is 0 Å². The van der Waals surface area contributed by atoms with E-state index in [4.69, 9.17) is 0 Å². The van der Waals surface area contributed by atoms with Gasteiger partial charge in [0, 0.05) is 11.9 Å². The largest absolute Gasteiger partial charge is 0.417 e. The average molecular weight is 305 g/mol. The molecule has 0 amide bonds. The van der Waals surface area contributed by atoms with Crippen LogP contribution in [0.3, 0.4) is 0 Å². The SMILES string of the molecule is OC(CSc1ccc(C(F)(F)F)cn1)CC1CCCC1. The Morgan fingerprint density at radius 1 is 1.30 bits per heavy atom.